The summed E-state index contributed by atoms with van der Waals surface area (Å²) in [7, 11) is 0. The fraction of sp³-hybridized carbons (Fsp3) is 0.250. The van der Waals surface area contributed by atoms with Gasteiger partial charge in [0.05, 0.1) is 12.2 Å². The van der Waals surface area contributed by atoms with Crippen molar-refractivity contribution in [2.24, 2.45) is 0 Å². The van der Waals surface area contributed by atoms with Crippen LogP contribution in [0.3, 0.4) is 0 Å². The van der Waals surface area contributed by atoms with E-state index in [-0.39, 0.29) is 0 Å². The maximum atomic E-state index is 5.47. The van der Waals surface area contributed by atoms with Gasteiger partial charge >= 0.3 is 0 Å². The van der Waals surface area contributed by atoms with Crippen molar-refractivity contribution in [3.63, 3.8) is 0 Å². The number of rotatable bonds is 3. The van der Waals surface area contributed by atoms with Crippen LogP contribution < -0.4 is 14.4 Å². The highest BCUT2D eigenvalue weighted by atomic mass is 32.1. The highest BCUT2D eigenvalue weighted by molar-refractivity contribution is 7.13. The second kappa shape index (κ2) is 6.08. The summed E-state index contributed by atoms with van der Waals surface area (Å²) in [5, 5.41) is 3.19. The molecule has 5 rings (SSSR count). The summed E-state index contributed by atoms with van der Waals surface area (Å²) < 4.78 is 10.9. The standard InChI is InChI=1S/C20H18N2O2S/c1-2-6-17-14(4-1)5-3-9-22(17)11-16-12-25-20(21-16)15-7-8-18-19(10-15)24-13-23-18/h1-2,4,6-8,10,12H,3,5,9,11,13H2. The van der Waals surface area contributed by atoms with Crippen molar-refractivity contribution < 1.29 is 9.47 Å². The smallest absolute Gasteiger partial charge is 0.231 e. The Kier molecular flexibility index (Phi) is 3.59. The first-order chi connectivity index (χ1) is 12.4. The van der Waals surface area contributed by atoms with Gasteiger partial charge in [-0.1, -0.05) is 18.2 Å². The fourth-order valence-electron chi connectivity index (χ4n) is 3.51. The van der Waals surface area contributed by atoms with E-state index in [9.17, 15) is 0 Å². The second-order valence-electron chi connectivity index (χ2n) is 6.37. The lowest BCUT2D eigenvalue weighted by Crippen LogP contribution is -2.28. The summed E-state index contributed by atoms with van der Waals surface area (Å²) in [5.41, 5.74) is 5.00. The molecule has 0 amide bonds. The van der Waals surface area contributed by atoms with Crippen LogP contribution in [0.15, 0.2) is 47.8 Å². The first-order valence-electron chi connectivity index (χ1n) is 8.54. The summed E-state index contributed by atoms with van der Waals surface area (Å²) in [6.07, 6.45) is 2.38. The molecule has 2 aliphatic rings. The number of hydrogen-bond donors (Lipinski definition) is 0. The van der Waals surface area contributed by atoms with Gasteiger partial charge in [-0.05, 0) is 42.7 Å². The van der Waals surface area contributed by atoms with Gasteiger partial charge in [-0.2, -0.15) is 0 Å². The zero-order chi connectivity index (χ0) is 16.6. The van der Waals surface area contributed by atoms with Crippen molar-refractivity contribution in [1.29, 1.82) is 0 Å². The molecule has 0 bridgehead atoms. The third kappa shape index (κ3) is 2.74. The van der Waals surface area contributed by atoms with E-state index in [1.165, 1.54) is 24.1 Å². The molecule has 3 heterocycles. The molecule has 0 radical (unpaired) electrons. The van der Waals surface area contributed by atoms with E-state index in [0.29, 0.717) is 6.79 Å². The van der Waals surface area contributed by atoms with E-state index < -0.39 is 0 Å². The number of benzene rings is 2. The van der Waals surface area contributed by atoms with E-state index in [1.807, 2.05) is 18.2 Å². The van der Waals surface area contributed by atoms with E-state index in [0.717, 1.165) is 40.9 Å². The molecule has 0 aliphatic carbocycles. The Labute approximate surface area is 150 Å². The molecule has 1 aromatic heterocycles. The van der Waals surface area contributed by atoms with Crippen LogP contribution in [0.25, 0.3) is 10.6 Å². The summed E-state index contributed by atoms with van der Waals surface area (Å²) in [6, 6.07) is 14.7. The quantitative estimate of drug-likeness (QED) is 0.697. The lowest BCUT2D eigenvalue weighted by molar-refractivity contribution is 0.174. The first kappa shape index (κ1) is 14.8. The van der Waals surface area contributed by atoms with Crippen molar-refractivity contribution >= 4 is 17.0 Å². The minimum atomic E-state index is 0.302. The number of nitrogens with zero attached hydrogens (tertiary/aromatic N) is 2. The molecule has 0 saturated heterocycles. The van der Waals surface area contributed by atoms with Crippen molar-refractivity contribution in [2.75, 3.05) is 18.2 Å². The van der Waals surface area contributed by atoms with Gasteiger partial charge in [0.1, 0.15) is 5.01 Å². The topological polar surface area (TPSA) is 34.6 Å². The predicted octanol–water partition coefficient (Wildman–Crippen LogP) is 4.49. The number of aromatic nitrogens is 1. The largest absolute Gasteiger partial charge is 0.454 e. The third-order valence-electron chi connectivity index (χ3n) is 4.73. The fourth-order valence-corrected chi connectivity index (χ4v) is 4.32. The van der Waals surface area contributed by atoms with E-state index >= 15 is 0 Å². The van der Waals surface area contributed by atoms with Gasteiger partial charge in [0.2, 0.25) is 6.79 Å². The summed E-state index contributed by atoms with van der Waals surface area (Å²) in [6.45, 7) is 2.25. The molecule has 126 valence electrons. The van der Waals surface area contributed by atoms with Crippen molar-refractivity contribution in [3.8, 4) is 22.1 Å². The third-order valence-corrected chi connectivity index (χ3v) is 5.67. The van der Waals surface area contributed by atoms with Gasteiger partial charge in [-0.25, -0.2) is 4.98 Å². The number of thiazole rings is 1. The summed E-state index contributed by atoms with van der Waals surface area (Å²) in [4.78, 5) is 7.30. The Morgan fingerprint density at radius 2 is 2.00 bits per heavy atom. The number of ether oxygens (including phenoxy) is 2. The number of aryl methyl sites for hydroxylation is 1. The molecule has 2 aromatic carbocycles. The zero-order valence-corrected chi connectivity index (χ0v) is 14.6. The number of hydrogen-bond acceptors (Lipinski definition) is 5. The highest BCUT2D eigenvalue weighted by Crippen LogP contribution is 2.37. The van der Waals surface area contributed by atoms with E-state index in [2.05, 4.69) is 34.5 Å². The Balaban J connectivity index is 1.39. The second-order valence-corrected chi connectivity index (χ2v) is 7.22. The Morgan fingerprint density at radius 3 is 3.00 bits per heavy atom. The molecule has 5 heteroatoms. The van der Waals surface area contributed by atoms with Crippen molar-refractivity contribution in [1.82, 2.24) is 4.98 Å². The van der Waals surface area contributed by atoms with Crippen LogP contribution in [0.5, 0.6) is 11.5 Å². The molecule has 0 spiro atoms. The summed E-state index contributed by atoms with van der Waals surface area (Å²) in [5.74, 6) is 1.62. The molecule has 3 aromatic rings. The van der Waals surface area contributed by atoms with Crippen LogP contribution in [0.2, 0.25) is 0 Å². The van der Waals surface area contributed by atoms with Gasteiger partial charge in [0.25, 0.3) is 0 Å². The lowest BCUT2D eigenvalue weighted by Gasteiger charge is -2.30. The van der Waals surface area contributed by atoms with Gasteiger partial charge in [0, 0.05) is 23.2 Å². The number of para-hydroxylation sites is 1. The SMILES string of the molecule is c1ccc2c(c1)CCCN2Cc1csc(-c2ccc3c(c2)OCO3)n1. The Hall–Kier alpha value is -2.53. The summed E-state index contributed by atoms with van der Waals surface area (Å²) >= 11 is 1.68. The zero-order valence-electron chi connectivity index (χ0n) is 13.8. The Morgan fingerprint density at radius 1 is 1.08 bits per heavy atom. The molecule has 25 heavy (non-hydrogen) atoms. The van der Waals surface area contributed by atoms with Gasteiger partial charge < -0.3 is 14.4 Å². The van der Waals surface area contributed by atoms with Crippen LogP contribution >= 0.6 is 11.3 Å². The van der Waals surface area contributed by atoms with Crippen molar-refractivity contribution in [3.05, 3.63) is 59.1 Å². The monoisotopic (exact) mass is 350 g/mol. The minimum absolute atomic E-state index is 0.302. The first-order valence-corrected chi connectivity index (χ1v) is 9.42. The Bertz CT molecular complexity index is 922. The van der Waals surface area contributed by atoms with Crippen LogP contribution in [0, 0.1) is 0 Å². The number of fused-ring (bicyclic) bond motifs is 2. The van der Waals surface area contributed by atoms with Gasteiger partial charge in [-0.15, -0.1) is 11.3 Å². The van der Waals surface area contributed by atoms with Crippen LogP contribution in [-0.2, 0) is 13.0 Å². The van der Waals surface area contributed by atoms with E-state index in [1.54, 1.807) is 11.3 Å². The van der Waals surface area contributed by atoms with Crippen LogP contribution in [-0.4, -0.2) is 18.3 Å². The molecule has 0 N–H and O–H groups in total. The molecule has 2 aliphatic heterocycles. The predicted molar refractivity (Wildman–Crippen MR) is 99.5 cm³/mol. The van der Waals surface area contributed by atoms with Crippen molar-refractivity contribution in [2.45, 2.75) is 19.4 Å². The van der Waals surface area contributed by atoms with Gasteiger partial charge in [0.15, 0.2) is 11.5 Å². The molecule has 4 nitrogen and oxygen atoms in total. The average molecular weight is 350 g/mol. The average Bonchev–Trinajstić information content (AvgIpc) is 3.30. The molecular formula is C20H18N2O2S. The molecular weight excluding hydrogens is 332 g/mol. The normalized spacial score (nSPS) is 15.3. The maximum absolute atomic E-state index is 5.47. The van der Waals surface area contributed by atoms with Crippen LogP contribution in [0.4, 0.5) is 5.69 Å². The highest BCUT2D eigenvalue weighted by Gasteiger charge is 2.19. The molecule has 0 atom stereocenters. The molecule has 0 unspecified atom stereocenters. The number of anilines is 1. The minimum Gasteiger partial charge on any atom is -0.454 e. The van der Waals surface area contributed by atoms with E-state index in [4.69, 9.17) is 14.5 Å². The maximum Gasteiger partial charge on any atom is 0.231 e. The molecule has 0 saturated carbocycles. The van der Waals surface area contributed by atoms with Crippen LogP contribution in [0.1, 0.15) is 17.7 Å². The molecule has 0 fully saturated rings. The lowest BCUT2D eigenvalue weighted by atomic mass is 10.0. The van der Waals surface area contributed by atoms with Gasteiger partial charge in [-0.3, -0.25) is 0 Å².